The SMILES string of the molecule is Cc1cc(S(=O)(=O)Nc2cc(Oc3nc4cc(Cl)ccc4s3)cc(Oc3nc4cc(Cl)ccc4s3)c2)c(Cl)cc1Cl. The molecule has 6 rings (SSSR count). The summed E-state index contributed by atoms with van der Waals surface area (Å²) in [6.45, 7) is 1.69. The van der Waals surface area contributed by atoms with Gasteiger partial charge >= 0.3 is 0 Å². The summed E-state index contributed by atoms with van der Waals surface area (Å²) >= 11 is 27.2. The predicted octanol–water partition coefficient (Wildman–Crippen LogP) is 10.2. The minimum Gasteiger partial charge on any atom is -0.431 e. The van der Waals surface area contributed by atoms with Gasteiger partial charge in [-0.2, -0.15) is 0 Å². The van der Waals surface area contributed by atoms with E-state index in [1.165, 1.54) is 46.9 Å². The average Bonchev–Trinajstić information content (AvgIpc) is 3.47. The molecule has 0 saturated heterocycles. The number of nitrogens with zero attached hydrogens (tertiary/aromatic N) is 2. The van der Waals surface area contributed by atoms with Gasteiger partial charge in [-0.1, -0.05) is 69.1 Å². The predicted molar refractivity (Wildman–Crippen MR) is 168 cm³/mol. The van der Waals surface area contributed by atoms with Crippen LogP contribution < -0.4 is 14.2 Å². The van der Waals surface area contributed by atoms with Crippen molar-refractivity contribution in [2.75, 3.05) is 4.72 Å². The number of rotatable bonds is 7. The van der Waals surface area contributed by atoms with E-state index in [0.717, 1.165) is 9.40 Å². The van der Waals surface area contributed by atoms with E-state index in [9.17, 15) is 8.42 Å². The number of sulfonamides is 1. The lowest BCUT2D eigenvalue weighted by Gasteiger charge is -2.13. The first-order valence-corrected chi connectivity index (χ1v) is 16.3. The largest absolute Gasteiger partial charge is 0.431 e. The molecule has 0 amide bonds. The van der Waals surface area contributed by atoms with Gasteiger partial charge in [0.05, 0.1) is 31.1 Å². The number of nitrogens with one attached hydrogen (secondary N) is 1. The molecule has 0 bridgehead atoms. The number of anilines is 1. The van der Waals surface area contributed by atoms with Crippen LogP contribution in [-0.4, -0.2) is 18.4 Å². The molecule has 0 radical (unpaired) electrons. The molecule has 0 aliphatic heterocycles. The Bertz CT molecular complexity index is 1980. The molecule has 0 aliphatic carbocycles. The van der Waals surface area contributed by atoms with Gasteiger partial charge in [-0.15, -0.1) is 0 Å². The molecule has 41 heavy (non-hydrogen) atoms. The van der Waals surface area contributed by atoms with E-state index in [2.05, 4.69) is 14.7 Å². The number of aryl methyl sites for hydroxylation is 1. The summed E-state index contributed by atoms with van der Waals surface area (Å²) in [6.07, 6.45) is 0. The maximum absolute atomic E-state index is 13.4. The van der Waals surface area contributed by atoms with Crippen molar-refractivity contribution in [2.24, 2.45) is 0 Å². The van der Waals surface area contributed by atoms with Crippen molar-refractivity contribution in [2.45, 2.75) is 11.8 Å². The van der Waals surface area contributed by atoms with E-state index in [1.54, 1.807) is 37.3 Å². The highest BCUT2D eigenvalue weighted by Gasteiger charge is 2.21. The van der Waals surface area contributed by atoms with E-state index in [4.69, 9.17) is 55.9 Å². The Morgan fingerprint density at radius 1 is 0.707 bits per heavy atom. The topological polar surface area (TPSA) is 90.4 Å². The minimum atomic E-state index is -4.12. The molecule has 208 valence electrons. The third-order valence-electron chi connectivity index (χ3n) is 5.71. The van der Waals surface area contributed by atoms with Gasteiger partial charge in [-0.25, -0.2) is 18.4 Å². The Hall–Kier alpha value is -2.83. The average molecular weight is 683 g/mol. The number of ether oxygens (including phenoxy) is 2. The number of halogens is 4. The van der Waals surface area contributed by atoms with Gasteiger partial charge in [0.25, 0.3) is 20.4 Å². The Balaban J connectivity index is 1.38. The first kappa shape index (κ1) is 28.3. The van der Waals surface area contributed by atoms with Crippen molar-refractivity contribution >= 4 is 105 Å². The monoisotopic (exact) mass is 681 g/mol. The van der Waals surface area contributed by atoms with Crippen LogP contribution in [0.4, 0.5) is 5.69 Å². The summed E-state index contributed by atoms with van der Waals surface area (Å²) in [5, 5.41) is 2.11. The highest BCUT2D eigenvalue weighted by Crippen LogP contribution is 2.39. The lowest BCUT2D eigenvalue weighted by atomic mass is 10.2. The van der Waals surface area contributed by atoms with Crippen LogP contribution in [0.25, 0.3) is 20.4 Å². The standard InChI is InChI=1S/C27H15Cl4N3O4S3/c1-13-6-25(20(31)12-19(13)30)41(35,36)34-16-9-17(37-26-32-21-7-14(28)2-4-23(21)39-26)11-18(10-16)38-27-33-22-8-15(29)3-5-24(22)40-27/h2-12,34H,1H3. The van der Waals surface area contributed by atoms with E-state index in [1.807, 2.05) is 12.1 Å². The number of hydrogen-bond acceptors (Lipinski definition) is 8. The van der Waals surface area contributed by atoms with Crippen LogP contribution in [0.1, 0.15) is 5.56 Å². The lowest BCUT2D eigenvalue weighted by Crippen LogP contribution is -2.14. The smallest absolute Gasteiger partial charge is 0.279 e. The van der Waals surface area contributed by atoms with Gasteiger partial charge in [0.1, 0.15) is 16.4 Å². The number of fused-ring (bicyclic) bond motifs is 2. The van der Waals surface area contributed by atoms with Crippen molar-refractivity contribution in [3.63, 3.8) is 0 Å². The van der Waals surface area contributed by atoms with E-state index >= 15 is 0 Å². The van der Waals surface area contributed by atoms with Gasteiger partial charge < -0.3 is 9.47 Å². The van der Waals surface area contributed by atoms with Gasteiger partial charge in [-0.05, 0) is 61.0 Å². The molecule has 4 aromatic carbocycles. The molecule has 0 aliphatic rings. The van der Waals surface area contributed by atoms with Gasteiger partial charge in [0.2, 0.25) is 0 Å². The van der Waals surface area contributed by atoms with Crippen molar-refractivity contribution < 1.29 is 17.9 Å². The number of thiazole rings is 2. The maximum Gasteiger partial charge on any atom is 0.279 e. The Labute approximate surface area is 262 Å². The third kappa shape index (κ3) is 6.19. The first-order valence-electron chi connectivity index (χ1n) is 11.6. The first-order chi connectivity index (χ1) is 19.5. The zero-order valence-corrected chi connectivity index (χ0v) is 26.1. The summed E-state index contributed by atoms with van der Waals surface area (Å²) in [7, 11) is -4.12. The molecule has 0 fully saturated rings. The fourth-order valence-electron chi connectivity index (χ4n) is 3.84. The van der Waals surface area contributed by atoms with Crippen LogP contribution in [0.2, 0.25) is 20.1 Å². The summed E-state index contributed by atoms with van der Waals surface area (Å²) in [4.78, 5) is 8.84. The molecule has 14 heteroatoms. The normalized spacial score (nSPS) is 11.7. The van der Waals surface area contributed by atoms with Crippen molar-refractivity contribution in [1.29, 1.82) is 0 Å². The van der Waals surface area contributed by atoms with Gasteiger partial charge in [-0.3, -0.25) is 4.72 Å². The highest BCUT2D eigenvalue weighted by molar-refractivity contribution is 7.92. The Morgan fingerprint density at radius 3 is 1.78 bits per heavy atom. The quantitative estimate of drug-likeness (QED) is 0.180. The van der Waals surface area contributed by atoms with Crippen LogP contribution in [0.3, 0.4) is 0 Å². The van der Waals surface area contributed by atoms with Gasteiger partial charge in [0, 0.05) is 33.3 Å². The molecule has 0 unspecified atom stereocenters. The van der Waals surface area contributed by atoms with Crippen molar-refractivity contribution in [3.05, 3.63) is 92.4 Å². The lowest BCUT2D eigenvalue weighted by molar-refractivity contribution is 0.458. The summed E-state index contributed by atoms with van der Waals surface area (Å²) in [5.74, 6) is 0.542. The molecule has 0 saturated carbocycles. The molecule has 6 aromatic rings. The van der Waals surface area contributed by atoms with Crippen LogP contribution in [0.15, 0.2) is 71.6 Å². The summed E-state index contributed by atoms with van der Waals surface area (Å²) < 4.78 is 43.1. The number of hydrogen-bond donors (Lipinski definition) is 1. The van der Waals surface area contributed by atoms with E-state index in [0.29, 0.717) is 42.1 Å². The molecular formula is C27H15Cl4N3O4S3. The Kier molecular flexibility index (Phi) is 7.67. The molecule has 0 spiro atoms. The third-order valence-corrected chi connectivity index (χ3v) is 10.3. The second kappa shape index (κ2) is 11.1. The van der Waals surface area contributed by atoms with Crippen LogP contribution in [-0.2, 0) is 10.0 Å². The molecular weight excluding hydrogens is 668 g/mol. The fourth-order valence-corrected chi connectivity index (χ4v) is 7.68. The molecule has 2 aromatic heterocycles. The second-order valence-electron chi connectivity index (χ2n) is 8.72. The van der Waals surface area contributed by atoms with E-state index < -0.39 is 10.0 Å². The summed E-state index contributed by atoms with van der Waals surface area (Å²) in [6, 6.07) is 18.1. The van der Waals surface area contributed by atoms with Gasteiger partial charge in [0.15, 0.2) is 0 Å². The van der Waals surface area contributed by atoms with E-state index in [-0.39, 0.29) is 27.1 Å². The van der Waals surface area contributed by atoms with Crippen molar-refractivity contribution in [3.8, 4) is 21.9 Å². The minimum absolute atomic E-state index is 0.0155. The van der Waals surface area contributed by atoms with Crippen LogP contribution in [0.5, 0.6) is 21.9 Å². The summed E-state index contributed by atoms with van der Waals surface area (Å²) in [5.41, 5.74) is 2.07. The second-order valence-corrected chi connectivity index (χ2v) is 14.0. The molecule has 7 nitrogen and oxygen atoms in total. The number of aromatic nitrogens is 2. The highest BCUT2D eigenvalue weighted by atomic mass is 35.5. The molecule has 0 atom stereocenters. The molecule has 1 N–H and O–H groups in total. The Morgan fingerprint density at radius 2 is 1.24 bits per heavy atom. The fraction of sp³-hybridized carbons (Fsp3) is 0.0370. The van der Waals surface area contributed by atoms with Crippen molar-refractivity contribution in [1.82, 2.24) is 9.97 Å². The maximum atomic E-state index is 13.4. The molecule has 2 heterocycles. The van der Waals surface area contributed by atoms with Crippen LogP contribution >= 0.6 is 69.1 Å². The zero-order chi connectivity index (χ0) is 28.9. The number of benzene rings is 4. The zero-order valence-electron chi connectivity index (χ0n) is 20.6. The van der Waals surface area contributed by atoms with Crippen LogP contribution in [0, 0.1) is 6.92 Å².